The van der Waals surface area contributed by atoms with Crippen LogP contribution in [-0.2, 0) is 11.3 Å². The molecule has 2 aliphatic rings. The summed E-state index contributed by atoms with van der Waals surface area (Å²) >= 11 is 0. The molecule has 0 radical (unpaired) electrons. The Bertz CT molecular complexity index is 707. The minimum absolute atomic E-state index is 0.223. The number of aromatic nitrogens is 4. The lowest BCUT2D eigenvalue weighted by Crippen LogP contribution is -2.50. The summed E-state index contributed by atoms with van der Waals surface area (Å²) in [5, 5.41) is 10.7. The summed E-state index contributed by atoms with van der Waals surface area (Å²) < 4.78 is 0. The van der Waals surface area contributed by atoms with E-state index in [9.17, 15) is 4.79 Å². The number of amides is 1. The van der Waals surface area contributed by atoms with Crippen molar-refractivity contribution in [2.24, 2.45) is 5.41 Å². The van der Waals surface area contributed by atoms with Crippen molar-refractivity contribution in [3.63, 3.8) is 0 Å². The van der Waals surface area contributed by atoms with Gasteiger partial charge in [-0.15, -0.1) is 0 Å². The fraction of sp³-hybridized carbons (Fsp3) is 0.529. The second-order valence-electron chi connectivity index (χ2n) is 6.84. The number of hydrogen-bond donors (Lipinski definition) is 2. The lowest BCUT2D eigenvalue weighted by atomic mass is 9.73. The number of likely N-dealkylation sites (tertiary alicyclic amines) is 1. The minimum atomic E-state index is 0.223. The zero-order chi connectivity index (χ0) is 16.4. The van der Waals surface area contributed by atoms with Crippen molar-refractivity contribution in [1.29, 1.82) is 0 Å². The lowest BCUT2D eigenvalue weighted by molar-refractivity contribution is -0.139. The highest BCUT2D eigenvalue weighted by Crippen LogP contribution is 2.38. The van der Waals surface area contributed by atoms with Crippen molar-refractivity contribution < 1.29 is 4.79 Å². The highest BCUT2D eigenvalue weighted by atomic mass is 16.2. The number of carbonyl (C=O) groups is 1. The number of piperidine rings is 2. The molecule has 0 bridgehead atoms. The Balaban J connectivity index is 1.48. The molecule has 2 aliphatic heterocycles. The number of rotatable bonds is 3. The third-order valence-corrected chi connectivity index (χ3v) is 5.22. The smallest absolute Gasteiger partial charge is 0.223 e. The fourth-order valence-corrected chi connectivity index (χ4v) is 3.79. The molecule has 0 saturated carbocycles. The van der Waals surface area contributed by atoms with E-state index in [-0.39, 0.29) is 11.3 Å². The van der Waals surface area contributed by atoms with Crippen molar-refractivity contribution >= 4 is 5.91 Å². The molecule has 7 heteroatoms. The second kappa shape index (κ2) is 6.32. The first kappa shape index (κ1) is 15.3. The van der Waals surface area contributed by atoms with Gasteiger partial charge in [0.15, 0.2) is 5.82 Å². The van der Waals surface area contributed by atoms with Gasteiger partial charge in [-0.05, 0) is 49.9 Å². The van der Waals surface area contributed by atoms with Gasteiger partial charge in [0.05, 0.1) is 6.54 Å². The maximum absolute atomic E-state index is 12.3. The predicted molar refractivity (Wildman–Crippen MR) is 88.8 cm³/mol. The van der Waals surface area contributed by atoms with E-state index in [1.807, 2.05) is 17.0 Å². The Labute approximate surface area is 140 Å². The van der Waals surface area contributed by atoms with E-state index >= 15 is 0 Å². The van der Waals surface area contributed by atoms with Gasteiger partial charge in [-0.3, -0.25) is 14.9 Å². The Morgan fingerprint density at radius 3 is 2.75 bits per heavy atom. The third-order valence-electron chi connectivity index (χ3n) is 5.22. The largest absolute Gasteiger partial charge is 0.335 e. The van der Waals surface area contributed by atoms with Crippen molar-refractivity contribution in [2.75, 3.05) is 19.6 Å². The molecule has 1 spiro atoms. The van der Waals surface area contributed by atoms with Gasteiger partial charge < -0.3 is 10.2 Å². The molecule has 4 heterocycles. The standard InChI is InChI=1S/C17H22N6O/c24-15-1-4-17(5-9-19-10-6-17)12-23(15)11-14-20-16(22-21-14)13-2-7-18-8-3-13/h2-3,7-8,19H,1,4-6,9-12H2,(H,20,21,22). The summed E-state index contributed by atoms with van der Waals surface area (Å²) in [6.45, 7) is 3.44. The summed E-state index contributed by atoms with van der Waals surface area (Å²) in [5.41, 5.74) is 1.21. The van der Waals surface area contributed by atoms with Crippen LogP contribution in [0.25, 0.3) is 11.4 Å². The number of hydrogen-bond acceptors (Lipinski definition) is 5. The van der Waals surface area contributed by atoms with Gasteiger partial charge in [0.2, 0.25) is 5.91 Å². The normalized spacial score (nSPS) is 20.5. The highest BCUT2D eigenvalue weighted by Gasteiger charge is 2.39. The van der Waals surface area contributed by atoms with Gasteiger partial charge in [-0.2, -0.15) is 5.10 Å². The summed E-state index contributed by atoms with van der Waals surface area (Å²) in [6, 6.07) is 3.76. The molecule has 2 aromatic heterocycles. The molecular formula is C17H22N6O. The van der Waals surface area contributed by atoms with E-state index in [4.69, 9.17) is 0 Å². The zero-order valence-electron chi connectivity index (χ0n) is 13.7. The number of nitrogens with one attached hydrogen (secondary N) is 2. The SMILES string of the molecule is O=C1CCC2(CCNCC2)CN1Cc1nc(-c2ccncc2)n[nH]1. The average molecular weight is 326 g/mol. The van der Waals surface area contributed by atoms with Crippen molar-refractivity contribution in [2.45, 2.75) is 32.2 Å². The molecule has 0 atom stereocenters. The molecule has 1 amide bonds. The molecule has 0 aromatic carbocycles. The van der Waals surface area contributed by atoms with Crippen LogP contribution in [-0.4, -0.2) is 50.6 Å². The van der Waals surface area contributed by atoms with Gasteiger partial charge in [-0.1, -0.05) is 0 Å². The van der Waals surface area contributed by atoms with E-state index in [0.717, 1.165) is 50.3 Å². The molecule has 2 saturated heterocycles. The zero-order valence-corrected chi connectivity index (χ0v) is 13.7. The quantitative estimate of drug-likeness (QED) is 0.889. The average Bonchev–Trinajstić information content (AvgIpc) is 3.09. The van der Waals surface area contributed by atoms with Crippen LogP contribution >= 0.6 is 0 Å². The number of nitrogens with zero attached hydrogens (tertiary/aromatic N) is 4. The van der Waals surface area contributed by atoms with E-state index < -0.39 is 0 Å². The van der Waals surface area contributed by atoms with Gasteiger partial charge >= 0.3 is 0 Å². The molecule has 0 unspecified atom stereocenters. The summed E-state index contributed by atoms with van der Waals surface area (Å²) in [7, 11) is 0. The molecule has 2 N–H and O–H groups in total. The van der Waals surface area contributed by atoms with E-state index in [1.165, 1.54) is 0 Å². The van der Waals surface area contributed by atoms with Crippen LogP contribution in [0.3, 0.4) is 0 Å². The lowest BCUT2D eigenvalue weighted by Gasteiger charge is -2.45. The van der Waals surface area contributed by atoms with Crippen molar-refractivity contribution in [3.8, 4) is 11.4 Å². The molecule has 126 valence electrons. The highest BCUT2D eigenvalue weighted by molar-refractivity contribution is 5.77. The van der Waals surface area contributed by atoms with Crippen molar-refractivity contribution in [1.82, 2.24) is 30.4 Å². The van der Waals surface area contributed by atoms with Crippen LogP contribution in [0.5, 0.6) is 0 Å². The minimum Gasteiger partial charge on any atom is -0.335 e. The molecule has 24 heavy (non-hydrogen) atoms. The Hall–Kier alpha value is -2.28. The first-order valence-electron chi connectivity index (χ1n) is 8.54. The first-order valence-corrected chi connectivity index (χ1v) is 8.54. The summed E-state index contributed by atoms with van der Waals surface area (Å²) in [4.78, 5) is 22.8. The van der Waals surface area contributed by atoms with Gasteiger partial charge in [0.1, 0.15) is 5.82 Å². The van der Waals surface area contributed by atoms with Crippen LogP contribution in [0.4, 0.5) is 0 Å². The summed E-state index contributed by atoms with van der Waals surface area (Å²) in [6.07, 6.45) is 7.40. The van der Waals surface area contributed by atoms with Gasteiger partial charge in [-0.25, -0.2) is 4.98 Å². The summed E-state index contributed by atoms with van der Waals surface area (Å²) in [5.74, 6) is 1.61. The Morgan fingerprint density at radius 2 is 1.96 bits per heavy atom. The Kier molecular flexibility index (Phi) is 4.02. The van der Waals surface area contributed by atoms with Crippen LogP contribution in [0, 0.1) is 5.41 Å². The molecule has 4 rings (SSSR count). The topological polar surface area (TPSA) is 86.8 Å². The maximum Gasteiger partial charge on any atom is 0.223 e. The van der Waals surface area contributed by atoms with Gasteiger partial charge in [0.25, 0.3) is 0 Å². The number of carbonyl (C=O) groups excluding carboxylic acids is 1. The third kappa shape index (κ3) is 3.03. The molecule has 7 nitrogen and oxygen atoms in total. The van der Waals surface area contributed by atoms with E-state index in [2.05, 4.69) is 25.5 Å². The second-order valence-corrected chi connectivity index (χ2v) is 6.84. The van der Waals surface area contributed by atoms with Crippen LogP contribution in [0.1, 0.15) is 31.5 Å². The van der Waals surface area contributed by atoms with Crippen LogP contribution in [0.2, 0.25) is 0 Å². The van der Waals surface area contributed by atoms with Gasteiger partial charge in [0, 0.05) is 30.9 Å². The molecule has 0 aliphatic carbocycles. The van der Waals surface area contributed by atoms with E-state index in [0.29, 0.717) is 18.8 Å². The van der Waals surface area contributed by atoms with Crippen LogP contribution < -0.4 is 5.32 Å². The first-order chi connectivity index (χ1) is 11.7. The molecule has 2 aromatic rings. The predicted octanol–water partition coefficient (Wildman–Crippen LogP) is 1.36. The fourth-order valence-electron chi connectivity index (χ4n) is 3.79. The number of aromatic amines is 1. The number of H-pyrrole nitrogens is 1. The monoisotopic (exact) mass is 326 g/mol. The maximum atomic E-state index is 12.3. The number of pyridine rings is 1. The molecular weight excluding hydrogens is 304 g/mol. The Morgan fingerprint density at radius 1 is 1.17 bits per heavy atom. The van der Waals surface area contributed by atoms with Crippen LogP contribution in [0.15, 0.2) is 24.5 Å². The van der Waals surface area contributed by atoms with E-state index in [1.54, 1.807) is 12.4 Å². The van der Waals surface area contributed by atoms with Crippen molar-refractivity contribution in [3.05, 3.63) is 30.4 Å². The molecule has 2 fully saturated rings.